The van der Waals surface area contributed by atoms with Crippen molar-refractivity contribution in [1.29, 1.82) is 0 Å². The number of aliphatic hydroxyl groups excluding tert-OH is 1. The molecule has 0 aliphatic heterocycles. The highest BCUT2D eigenvalue weighted by atomic mass is 32.2. The topological polar surface area (TPSA) is 82.1 Å². The van der Waals surface area contributed by atoms with Crippen LogP contribution < -0.4 is 4.74 Å². The summed E-state index contributed by atoms with van der Waals surface area (Å²) in [4.78, 5) is 0.0920. The summed E-state index contributed by atoms with van der Waals surface area (Å²) in [5.41, 5.74) is 1.07. The Kier molecular flexibility index (Phi) is 6.33. The molecule has 0 saturated heterocycles. The summed E-state index contributed by atoms with van der Waals surface area (Å²) >= 11 is 0. The van der Waals surface area contributed by atoms with Crippen molar-refractivity contribution in [2.24, 2.45) is 0 Å². The van der Waals surface area contributed by atoms with Gasteiger partial charge in [0.25, 0.3) is 10.1 Å². The van der Waals surface area contributed by atoms with Gasteiger partial charge in [0.05, 0.1) is 11.5 Å². The van der Waals surface area contributed by atoms with Crippen LogP contribution in [0.1, 0.15) is 17.2 Å². The summed E-state index contributed by atoms with van der Waals surface area (Å²) in [5.74, 6) is 0.509. The Hall–Kier alpha value is -1.93. The van der Waals surface area contributed by atoms with E-state index in [0.717, 1.165) is 0 Å². The first-order valence-corrected chi connectivity index (χ1v) is 8.69. The van der Waals surface area contributed by atoms with E-state index in [1.807, 2.05) is 0 Å². The number of aliphatic hydroxyl groups is 1. The first-order chi connectivity index (χ1) is 11.4. The molecule has 0 fully saturated rings. The fraction of sp³-hybridized carbons (Fsp3) is 0.294. The predicted molar refractivity (Wildman–Crippen MR) is 88.2 cm³/mol. The molecule has 0 radical (unpaired) electrons. The van der Waals surface area contributed by atoms with Crippen LogP contribution in [0.4, 0.5) is 0 Å². The molecule has 0 saturated carbocycles. The Morgan fingerprint density at radius 3 is 2.58 bits per heavy atom. The molecule has 0 aliphatic rings. The molecule has 0 aromatic heterocycles. The summed E-state index contributed by atoms with van der Waals surface area (Å²) < 4.78 is 39.5. The van der Waals surface area contributed by atoms with Gasteiger partial charge in [0, 0.05) is 7.11 Å². The Morgan fingerprint density at radius 1 is 1.12 bits per heavy atom. The Bertz CT molecular complexity index is 772. The average molecular weight is 352 g/mol. The van der Waals surface area contributed by atoms with Gasteiger partial charge in [0.1, 0.15) is 11.9 Å². The summed E-state index contributed by atoms with van der Waals surface area (Å²) in [6.45, 7) is 1.38. The van der Waals surface area contributed by atoms with E-state index in [-0.39, 0.29) is 18.3 Å². The van der Waals surface area contributed by atoms with Gasteiger partial charge in [-0.3, -0.25) is 4.18 Å². The molecule has 0 unspecified atom stereocenters. The molecule has 0 amide bonds. The Balaban J connectivity index is 2.05. The second-order valence-corrected chi connectivity index (χ2v) is 6.73. The molecule has 1 N–H and O–H groups in total. The van der Waals surface area contributed by atoms with Crippen molar-refractivity contribution in [3.05, 3.63) is 59.7 Å². The molecular formula is C17H20O6S. The molecule has 2 rings (SSSR count). The van der Waals surface area contributed by atoms with Crippen molar-refractivity contribution in [2.75, 3.05) is 20.5 Å². The van der Waals surface area contributed by atoms with Gasteiger partial charge in [-0.15, -0.1) is 0 Å². The fourth-order valence-electron chi connectivity index (χ4n) is 2.09. The van der Waals surface area contributed by atoms with Crippen LogP contribution in [0.5, 0.6) is 5.75 Å². The van der Waals surface area contributed by atoms with Gasteiger partial charge in [0.2, 0.25) is 0 Å². The van der Waals surface area contributed by atoms with Crippen LogP contribution in [0, 0.1) is 6.92 Å². The van der Waals surface area contributed by atoms with Crippen LogP contribution in [0.3, 0.4) is 0 Å². The molecule has 130 valence electrons. The van der Waals surface area contributed by atoms with Crippen LogP contribution in [0.25, 0.3) is 0 Å². The van der Waals surface area contributed by atoms with E-state index in [0.29, 0.717) is 16.9 Å². The smallest absolute Gasteiger partial charge is 0.297 e. The number of hydrogen-bond donors (Lipinski definition) is 1. The van der Waals surface area contributed by atoms with Crippen LogP contribution in [-0.4, -0.2) is 34.0 Å². The molecule has 24 heavy (non-hydrogen) atoms. The van der Waals surface area contributed by atoms with E-state index < -0.39 is 16.2 Å². The van der Waals surface area contributed by atoms with Crippen LogP contribution in [0.2, 0.25) is 0 Å². The third-order valence-electron chi connectivity index (χ3n) is 3.33. The van der Waals surface area contributed by atoms with E-state index in [9.17, 15) is 13.5 Å². The first-order valence-electron chi connectivity index (χ1n) is 7.29. The van der Waals surface area contributed by atoms with Crippen LogP contribution in [0.15, 0.2) is 53.4 Å². The number of benzene rings is 2. The van der Waals surface area contributed by atoms with E-state index in [4.69, 9.17) is 13.7 Å². The highest BCUT2D eigenvalue weighted by molar-refractivity contribution is 7.86. The lowest BCUT2D eigenvalue weighted by Gasteiger charge is -2.14. The minimum atomic E-state index is -3.93. The third-order valence-corrected chi connectivity index (χ3v) is 4.77. The van der Waals surface area contributed by atoms with Crippen molar-refractivity contribution in [1.82, 2.24) is 0 Å². The highest BCUT2D eigenvalue weighted by Crippen LogP contribution is 2.22. The summed E-state index contributed by atoms with van der Waals surface area (Å²) in [6, 6.07) is 13.2. The fourth-order valence-corrected chi connectivity index (χ4v) is 3.23. The molecular weight excluding hydrogens is 332 g/mol. The Labute approximate surface area is 141 Å². The number of rotatable bonds is 8. The summed E-state index contributed by atoms with van der Waals surface area (Å²) in [7, 11) is -2.43. The lowest BCUT2D eigenvalue weighted by molar-refractivity contribution is 0.0506. The minimum Gasteiger partial charge on any atom is -0.468 e. The number of methoxy groups -OCH3 is 1. The van der Waals surface area contributed by atoms with Crippen LogP contribution in [-0.2, 0) is 19.0 Å². The maximum atomic E-state index is 12.2. The van der Waals surface area contributed by atoms with Gasteiger partial charge >= 0.3 is 0 Å². The monoisotopic (exact) mass is 352 g/mol. The zero-order chi connectivity index (χ0) is 17.6. The van der Waals surface area contributed by atoms with E-state index in [2.05, 4.69) is 0 Å². The van der Waals surface area contributed by atoms with Crippen molar-refractivity contribution >= 4 is 10.1 Å². The van der Waals surface area contributed by atoms with Gasteiger partial charge in [0.15, 0.2) is 6.79 Å². The van der Waals surface area contributed by atoms with Crippen molar-refractivity contribution < 1.29 is 27.2 Å². The zero-order valence-corrected chi connectivity index (χ0v) is 14.3. The van der Waals surface area contributed by atoms with Gasteiger partial charge in [-0.2, -0.15) is 8.42 Å². The summed E-state index contributed by atoms with van der Waals surface area (Å²) in [5, 5.41) is 10.2. The van der Waals surface area contributed by atoms with Crippen molar-refractivity contribution in [3.63, 3.8) is 0 Å². The Morgan fingerprint density at radius 2 is 1.88 bits per heavy atom. The minimum absolute atomic E-state index is 0.0811. The predicted octanol–water partition coefficient (Wildman–Crippen LogP) is 2.42. The summed E-state index contributed by atoms with van der Waals surface area (Å²) in [6.07, 6.45) is -1.10. The molecule has 1 atom stereocenters. The molecule has 0 heterocycles. The molecule has 7 heteroatoms. The lowest BCUT2D eigenvalue weighted by Crippen LogP contribution is -2.14. The molecule has 0 spiro atoms. The molecule has 0 bridgehead atoms. The average Bonchev–Trinajstić information content (AvgIpc) is 2.58. The molecule has 2 aromatic carbocycles. The molecule has 2 aromatic rings. The maximum absolute atomic E-state index is 12.2. The normalized spacial score (nSPS) is 12.8. The number of hydrogen-bond acceptors (Lipinski definition) is 6. The number of ether oxygens (including phenoxy) is 2. The van der Waals surface area contributed by atoms with Crippen molar-refractivity contribution in [2.45, 2.75) is 17.9 Å². The van der Waals surface area contributed by atoms with Gasteiger partial charge in [-0.1, -0.05) is 30.3 Å². The van der Waals surface area contributed by atoms with Crippen molar-refractivity contribution in [3.8, 4) is 5.75 Å². The quantitative estimate of drug-likeness (QED) is 0.580. The third kappa shape index (κ3) is 4.78. The number of aryl methyl sites for hydroxylation is 1. The largest absolute Gasteiger partial charge is 0.468 e. The second-order valence-electron chi connectivity index (χ2n) is 5.14. The molecule has 6 nitrogen and oxygen atoms in total. The zero-order valence-electron chi connectivity index (χ0n) is 13.5. The van der Waals surface area contributed by atoms with E-state index in [1.165, 1.54) is 13.2 Å². The standard InChI is InChI=1S/C17H20O6S/c1-13-6-3-4-9-17(13)24(19,20)23-11-16(18)14-7-5-8-15(10-14)22-12-21-2/h3-10,16,18H,11-12H2,1-2H3/t16-/m1/s1. The van der Waals surface area contributed by atoms with Gasteiger partial charge < -0.3 is 14.6 Å². The SMILES string of the molecule is COCOc1cccc([C@H](O)COS(=O)(=O)c2ccccc2C)c1. The van der Waals surface area contributed by atoms with E-state index in [1.54, 1.807) is 49.4 Å². The van der Waals surface area contributed by atoms with Gasteiger partial charge in [-0.25, -0.2) is 0 Å². The van der Waals surface area contributed by atoms with Gasteiger partial charge in [-0.05, 0) is 36.2 Å². The van der Waals surface area contributed by atoms with E-state index >= 15 is 0 Å². The first kappa shape index (κ1) is 18.4. The molecule has 0 aliphatic carbocycles. The second kappa shape index (κ2) is 8.25. The maximum Gasteiger partial charge on any atom is 0.297 e. The highest BCUT2D eigenvalue weighted by Gasteiger charge is 2.20. The van der Waals surface area contributed by atoms with Crippen LogP contribution >= 0.6 is 0 Å². The lowest BCUT2D eigenvalue weighted by atomic mass is 10.1.